The normalized spacial score (nSPS) is 12.2. The van der Waals surface area contributed by atoms with Gasteiger partial charge in [-0.15, -0.1) is 0 Å². The first-order chi connectivity index (χ1) is 7.95. The molecule has 1 rings (SSSR count). The van der Waals surface area contributed by atoms with Gasteiger partial charge in [0.05, 0.1) is 24.1 Å². The molecule has 1 N–H and O–H groups in total. The van der Waals surface area contributed by atoms with Crippen molar-refractivity contribution in [3.05, 3.63) is 12.2 Å². The zero-order valence-corrected chi connectivity index (χ0v) is 11.4. The van der Waals surface area contributed by atoms with Gasteiger partial charge in [0.2, 0.25) is 0 Å². The molecule has 0 aliphatic carbocycles. The van der Waals surface area contributed by atoms with Crippen molar-refractivity contribution in [2.45, 2.75) is 39.1 Å². The monoisotopic (exact) mass is 260 g/mol. The smallest absolute Gasteiger partial charge is 0.164 e. The van der Waals surface area contributed by atoms with Crippen LogP contribution in [0.5, 0.6) is 0 Å². The Bertz CT molecular complexity index is 439. The minimum atomic E-state index is -3.01. The zero-order chi connectivity index (χ0) is 12.9. The van der Waals surface area contributed by atoms with Crippen molar-refractivity contribution in [2.75, 3.05) is 12.3 Å². The van der Waals surface area contributed by atoms with E-state index in [1.54, 1.807) is 24.9 Å². The fraction of sp³-hybridized carbons (Fsp3) is 0.800. The maximum absolute atomic E-state index is 11.6. The number of hydrogen-bond donors (Lipinski definition) is 1. The molecule has 0 saturated heterocycles. The summed E-state index contributed by atoms with van der Waals surface area (Å²) in [7, 11) is -3.01. The zero-order valence-electron chi connectivity index (χ0n) is 10.5. The maximum atomic E-state index is 11.6. The van der Waals surface area contributed by atoms with E-state index in [1.165, 1.54) is 0 Å². The predicted octanol–water partition coefficient (Wildman–Crippen LogP) is 0.211. The van der Waals surface area contributed by atoms with Crippen LogP contribution in [0.25, 0.3) is 0 Å². The SMILES string of the molecule is CCNCc1ncn(CCS(=O)(=O)C(C)C)n1. The summed E-state index contributed by atoms with van der Waals surface area (Å²) in [5.74, 6) is 0.795. The molecule has 1 heterocycles. The molecular formula is C10H20N4O2S. The van der Waals surface area contributed by atoms with Crippen molar-refractivity contribution < 1.29 is 8.42 Å². The van der Waals surface area contributed by atoms with Gasteiger partial charge in [0.25, 0.3) is 0 Å². The molecular weight excluding hydrogens is 240 g/mol. The van der Waals surface area contributed by atoms with E-state index >= 15 is 0 Å². The lowest BCUT2D eigenvalue weighted by Gasteiger charge is -2.06. The van der Waals surface area contributed by atoms with E-state index in [9.17, 15) is 8.42 Å². The van der Waals surface area contributed by atoms with E-state index in [-0.39, 0.29) is 11.0 Å². The largest absolute Gasteiger partial charge is 0.310 e. The molecule has 0 aliphatic rings. The Morgan fingerprint density at radius 3 is 2.76 bits per heavy atom. The van der Waals surface area contributed by atoms with Crippen molar-refractivity contribution in [3.8, 4) is 0 Å². The third kappa shape index (κ3) is 4.43. The molecule has 0 amide bonds. The minimum absolute atomic E-state index is 0.106. The summed E-state index contributed by atoms with van der Waals surface area (Å²) in [4.78, 5) is 4.09. The molecule has 6 nitrogen and oxygen atoms in total. The molecule has 1 aromatic heterocycles. The molecule has 0 fully saturated rings. The molecule has 7 heteroatoms. The predicted molar refractivity (Wildman–Crippen MR) is 66.3 cm³/mol. The highest BCUT2D eigenvalue weighted by Crippen LogP contribution is 2.01. The van der Waals surface area contributed by atoms with E-state index in [0.29, 0.717) is 18.9 Å². The number of aryl methyl sites for hydroxylation is 1. The summed E-state index contributed by atoms with van der Waals surface area (Å²) in [6, 6.07) is 0. The van der Waals surface area contributed by atoms with Gasteiger partial charge in [0, 0.05) is 0 Å². The van der Waals surface area contributed by atoms with Gasteiger partial charge in [-0.25, -0.2) is 13.4 Å². The number of hydrogen-bond acceptors (Lipinski definition) is 5. The lowest BCUT2D eigenvalue weighted by atomic mass is 10.6. The topological polar surface area (TPSA) is 76.9 Å². The number of aromatic nitrogens is 3. The third-order valence-corrected chi connectivity index (χ3v) is 4.63. The summed E-state index contributed by atoms with van der Waals surface area (Å²) < 4.78 is 24.8. The summed E-state index contributed by atoms with van der Waals surface area (Å²) >= 11 is 0. The first kappa shape index (κ1) is 14.1. The average Bonchev–Trinajstić information content (AvgIpc) is 2.71. The van der Waals surface area contributed by atoms with Gasteiger partial charge < -0.3 is 5.32 Å². The molecule has 0 atom stereocenters. The molecule has 0 aliphatic heterocycles. The van der Waals surface area contributed by atoms with Gasteiger partial charge >= 0.3 is 0 Å². The van der Waals surface area contributed by atoms with Crippen molar-refractivity contribution in [2.24, 2.45) is 0 Å². The van der Waals surface area contributed by atoms with E-state index in [2.05, 4.69) is 15.4 Å². The summed E-state index contributed by atoms with van der Waals surface area (Å²) in [6.07, 6.45) is 1.57. The summed E-state index contributed by atoms with van der Waals surface area (Å²) in [6.45, 7) is 7.21. The second-order valence-electron chi connectivity index (χ2n) is 4.12. The molecule has 0 unspecified atom stereocenters. The average molecular weight is 260 g/mol. The van der Waals surface area contributed by atoms with Crippen LogP contribution in [0.2, 0.25) is 0 Å². The Kier molecular flexibility index (Phi) is 5.07. The van der Waals surface area contributed by atoms with Crippen LogP contribution in [-0.2, 0) is 22.9 Å². The second kappa shape index (κ2) is 6.11. The number of nitrogens with zero attached hydrogens (tertiary/aromatic N) is 3. The molecule has 0 radical (unpaired) electrons. The lowest BCUT2D eigenvalue weighted by molar-refractivity contribution is 0.569. The quantitative estimate of drug-likeness (QED) is 0.758. The second-order valence-corrected chi connectivity index (χ2v) is 6.80. The van der Waals surface area contributed by atoms with Crippen molar-refractivity contribution in [1.82, 2.24) is 20.1 Å². The van der Waals surface area contributed by atoms with Crippen LogP contribution >= 0.6 is 0 Å². The summed E-state index contributed by atoms with van der Waals surface area (Å²) in [5, 5.41) is 6.96. The molecule has 98 valence electrons. The first-order valence-corrected chi connectivity index (χ1v) is 7.48. The van der Waals surface area contributed by atoms with Crippen molar-refractivity contribution >= 4 is 9.84 Å². The number of nitrogens with one attached hydrogen (secondary N) is 1. The van der Waals surface area contributed by atoms with E-state index in [0.717, 1.165) is 6.54 Å². The van der Waals surface area contributed by atoms with E-state index in [4.69, 9.17) is 0 Å². The van der Waals surface area contributed by atoms with E-state index < -0.39 is 9.84 Å². The van der Waals surface area contributed by atoms with Crippen LogP contribution in [0.1, 0.15) is 26.6 Å². The van der Waals surface area contributed by atoms with Gasteiger partial charge in [-0.05, 0) is 20.4 Å². The fourth-order valence-electron chi connectivity index (χ4n) is 1.22. The van der Waals surface area contributed by atoms with Gasteiger partial charge in [-0.1, -0.05) is 6.92 Å². The van der Waals surface area contributed by atoms with Crippen molar-refractivity contribution in [3.63, 3.8) is 0 Å². The lowest BCUT2D eigenvalue weighted by Crippen LogP contribution is -2.21. The van der Waals surface area contributed by atoms with Gasteiger partial charge in [-0.3, -0.25) is 4.68 Å². The fourth-order valence-corrected chi connectivity index (χ4v) is 2.13. The molecule has 17 heavy (non-hydrogen) atoms. The molecule has 1 aromatic rings. The molecule has 0 spiro atoms. The Labute approximate surface area is 102 Å². The van der Waals surface area contributed by atoms with Crippen LogP contribution in [0.4, 0.5) is 0 Å². The Hall–Kier alpha value is -0.950. The third-order valence-electron chi connectivity index (χ3n) is 2.44. The van der Waals surface area contributed by atoms with Crippen LogP contribution in [0.15, 0.2) is 6.33 Å². The Morgan fingerprint density at radius 1 is 1.47 bits per heavy atom. The summed E-state index contributed by atoms with van der Waals surface area (Å²) in [5.41, 5.74) is 0. The molecule has 0 saturated carbocycles. The van der Waals surface area contributed by atoms with Crippen LogP contribution < -0.4 is 5.32 Å². The molecule has 0 bridgehead atoms. The van der Waals surface area contributed by atoms with Crippen LogP contribution in [0.3, 0.4) is 0 Å². The highest BCUT2D eigenvalue weighted by atomic mass is 32.2. The maximum Gasteiger partial charge on any atom is 0.164 e. The molecule has 0 aromatic carbocycles. The van der Waals surface area contributed by atoms with E-state index in [1.807, 2.05) is 6.92 Å². The van der Waals surface area contributed by atoms with Gasteiger partial charge in [-0.2, -0.15) is 5.10 Å². The van der Waals surface area contributed by atoms with Crippen LogP contribution in [0, 0.1) is 0 Å². The number of rotatable bonds is 7. The van der Waals surface area contributed by atoms with Gasteiger partial charge in [0.15, 0.2) is 15.7 Å². The first-order valence-electron chi connectivity index (χ1n) is 5.76. The Balaban J connectivity index is 2.50. The van der Waals surface area contributed by atoms with Gasteiger partial charge in [0.1, 0.15) is 6.33 Å². The van der Waals surface area contributed by atoms with Crippen molar-refractivity contribution in [1.29, 1.82) is 0 Å². The standard InChI is InChI=1S/C10H20N4O2S/c1-4-11-7-10-12-8-14(13-10)5-6-17(15,16)9(2)3/h8-9,11H,4-7H2,1-3H3. The van der Waals surface area contributed by atoms with Crippen LogP contribution in [-0.4, -0.2) is 40.7 Å². The minimum Gasteiger partial charge on any atom is -0.310 e. The highest BCUT2D eigenvalue weighted by Gasteiger charge is 2.16. The highest BCUT2D eigenvalue weighted by molar-refractivity contribution is 7.91. The number of sulfone groups is 1. The Morgan fingerprint density at radius 2 is 2.18 bits per heavy atom.